The van der Waals surface area contributed by atoms with Crippen LogP contribution in [-0.4, -0.2) is 127 Å². The fraction of sp³-hybridized carbons (Fsp3) is 0.417. The number of unbranched alkanes of at least 4 members (excludes halogenated alkanes) is 5. The lowest BCUT2D eigenvalue weighted by Crippen LogP contribution is -2.52. The number of rotatable bonds is 29. The predicted molar refractivity (Wildman–Crippen MR) is 261 cm³/mol. The zero-order valence-corrected chi connectivity index (χ0v) is 39.7. The van der Waals surface area contributed by atoms with Crippen molar-refractivity contribution in [2.45, 2.75) is 108 Å². The maximum atomic E-state index is 12.6. The van der Waals surface area contributed by atoms with Gasteiger partial charge in [0.1, 0.15) is 35.2 Å². The number of urea groups is 1. The van der Waals surface area contributed by atoms with E-state index in [1.165, 1.54) is 30.3 Å². The molecule has 4 amide bonds. The van der Waals surface area contributed by atoms with Crippen molar-refractivity contribution < 1.29 is 73.4 Å². The Morgan fingerprint density at radius 2 is 1.27 bits per heavy atom. The number of carbonyl (C=O) groups excluding carboxylic acids is 3. The molecule has 4 rings (SSSR count). The Hall–Kier alpha value is -7.82. The molecule has 1 aliphatic carbocycles. The molecule has 71 heavy (non-hydrogen) atoms. The number of aliphatic carboxylic acids is 4. The van der Waals surface area contributed by atoms with Crippen molar-refractivity contribution in [3.05, 3.63) is 70.4 Å². The standard InChI is InChI=1S/C48H58N6O16S/c1-54(36(46(67)68)20-21-41(59)60)48(69)53-35(45(65)66)11-6-8-22-49-39(57)12-4-2-3-5-13-40(58)52-34(44(63)64)10-7-9-23-50-47(71)51-27-14-17-30(33(24-27)43(61)62)42-31-18-15-28(55)25-37(31)70-38-26-29(56)16-19-32(38)42/h14-19,24-26,34-36,55H,2-13,20-23H2,1H3,(H,49,57)(H,52,58)(H,53,69)(H,59,60)(H,61,62)(H,63,64)(H,65,66)(H,67,68)(H2,50,51,71). The SMILES string of the molecule is CN(C(=O)NC(CCCCNC(=O)CCCCCCC(=O)NC(CCCCNC(=S)Nc1ccc(-c2c3ccc(=O)cc-3oc3cc(O)ccc23)c(C(=O)O)c1)C(=O)O)C(=O)O)C(CCC(=O)O)C(=O)O. The minimum atomic E-state index is -1.47. The Morgan fingerprint density at radius 1 is 0.648 bits per heavy atom. The van der Waals surface area contributed by atoms with Crippen LogP contribution in [0.25, 0.3) is 33.4 Å². The zero-order valence-electron chi connectivity index (χ0n) is 38.9. The van der Waals surface area contributed by atoms with Crippen molar-refractivity contribution >= 4 is 81.7 Å². The number of phenolic OH excluding ortho intramolecular Hbond substituents is 1. The van der Waals surface area contributed by atoms with Gasteiger partial charge >= 0.3 is 35.9 Å². The molecule has 0 spiro atoms. The lowest BCUT2D eigenvalue weighted by molar-refractivity contribution is -0.143. The average molecular weight is 1010 g/mol. The summed E-state index contributed by atoms with van der Waals surface area (Å²) >= 11 is 5.42. The highest BCUT2D eigenvalue weighted by Gasteiger charge is 2.30. The number of aromatic hydroxyl groups is 1. The third-order valence-corrected chi connectivity index (χ3v) is 11.6. The molecule has 382 valence electrons. The van der Waals surface area contributed by atoms with Gasteiger partial charge in [0.05, 0.1) is 5.56 Å². The van der Waals surface area contributed by atoms with Gasteiger partial charge in [-0.15, -0.1) is 0 Å². The maximum absolute atomic E-state index is 12.6. The molecule has 23 heteroatoms. The number of aromatic carboxylic acids is 1. The molecule has 11 N–H and O–H groups in total. The number of carbonyl (C=O) groups is 8. The predicted octanol–water partition coefficient (Wildman–Crippen LogP) is 5.03. The van der Waals surface area contributed by atoms with Gasteiger partial charge in [-0.3, -0.25) is 19.2 Å². The average Bonchev–Trinajstić information content (AvgIpc) is 3.30. The molecule has 22 nitrogen and oxygen atoms in total. The molecule has 0 fully saturated rings. The van der Waals surface area contributed by atoms with Gasteiger partial charge in [-0.2, -0.15) is 0 Å². The molecule has 0 radical (unpaired) electrons. The first-order valence-electron chi connectivity index (χ1n) is 22.9. The fourth-order valence-corrected chi connectivity index (χ4v) is 7.87. The number of benzene rings is 3. The van der Waals surface area contributed by atoms with Crippen molar-refractivity contribution in [1.29, 1.82) is 0 Å². The number of likely N-dealkylation sites (N-methyl/N-ethyl adjacent to an activating group) is 1. The van der Waals surface area contributed by atoms with Gasteiger partial charge in [0, 0.05) is 73.7 Å². The number of thiocarbonyl (C=S) groups is 1. The highest BCUT2D eigenvalue weighted by molar-refractivity contribution is 7.80. The number of nitrogens with zero attached hydrogens (tertiary/aromatic N) is 1. The van der Waals surface area contributed by atoms with E-state index >= 15 is 0 Å². The molecular formula is C48H58N6O16S. The number of phenols is 1. The first kappa shape index (κ1) is 55.8. The molecule has 3 unspecified atom stereocenters. The molecule has 0 aromatic heterocycles. The summed E-state index contributed by atoms with van der Waals surface area (Å²) in [5.74, 6) is -6.91. The Morgan fingerprint density at radius 3 is 1.89 bits per heavy atom. The molecule has 0 saturated carbocycles. The molecule has 2 aromatic rings. The first-order chi connectivity index (χ1) is 33.7. The number of nitrogens with one attached hydrogen (secondary N) is 5. The maximum Gasteiger partial charge on any atom is 0.336 e. The van der Waals surface area contributed by atoms with Crippen LogP contribution >= 0.6 is 12.2 Å². The summed E-state index contributed by atoms with van der Waals surface area (Å²) in [6.45, 7) is 0.598. The van der Waals surface area contributed by atoms with E-state index in [1.54, 1.807) is 24.3 Å². The fourth-order valence-electron chi connectivity index (χ4n) is 7.65. The van der Waals surface area contributed by atoms with Crippen molar-refractivity contribution in [3.63, 3.8) is 0 Å². The summed E-state index contributed by atoms with van der Waals surface area (Å²) < 4.78 is 5.88. The second kappa shape index (κ2) is 27.4. The highest BCUT2D eigenvalue weighted by Crippen LogP contribution is 2.42. The smallest absolute Gasteiger partial charge is 0.336 e. The Balaban J connectivity index is 1.10. The van der Waals surface area contributed by atoms with Gasteiger partial charge in [0.2, 0.25) is 11.8 Å². The Bertz CT molecular complexity index is 2620. The quantitative estimate of drug-likeness (QED) is 0.0193. The van der Waals surface area contributed by atoms with Gasteiger partial charge in [-0.1, -0.05) is 18.9 Å². The zero-order chi connectivity index (χ0) is 52.2. The van der Waals surface area contributed by atoms with Crippen LogP contribution in [0.5, 0.6) is 5.75 Å². The molecule has 0 bridgehead atoms. The summed E-state index contributed by atoms with van der Waals surface area (Å²) in [7, 11) is 1.13. The van der Waals surface area contributed by atoms with E-state index in [1.807, 2.05) is 0 Å². The Labute approximate surface area is 412 Å². The minimum Gasteiger partial charge on any atom is -0.508 e. The van der Waals surface area contributed by atoms with Crippen LogP contribution in [-0.2, 0) is 28.8 Å². The van der Waals surface area contributed by atoms with E-state index in [0.717, 1.165) is 11.9 Å². The number of amides is 4. The number of anilines is 1. The van der Waals surface area contributed by atoms with Crippen LogP contribution in [0, 0.1) is 0 Å². The van der Waals surface area contributed by atoms with E-state index in [4.69, 9.17) is 21.7 Å². The van der Waals surface area contributed by atoms with Gasteiger partial charge < -0.3 is 66.5 Å². The van der Waals surface area contributed by atoms with Gasteiger partial charge in [-0.25, -0.2) is 24.0 Å². The molecule has 2 aliphatic rings. The van der Waals surface area contributed by atoms with Gasteiger partial charge in [-0.05, 0) is 112 Å². The van der Waals surface area contributed by atoms with Gasteiger partial charge in [0.25, 0.3) is 0 Å². The van der Waals surface area contributed by atoms with Crippen LogP contribution in [0.1, 0.15) is 100 Å². The number of fused-ring (bicyclic) bond motifs is 2. The second-order valence-electron chi connectivity index (χ2n) is 16.7. The van der Waals surface area contributed by atoms with Crippen molar-refractivity contribution in [2.75, 3.05) is 25.5 Å². The third kappa shape index (κ3) is 17.6. The monoisotopic (exact) mass is 1010 g/mol. The van der Waals surface area contributed by atoms with Crippen molar-refractivity contribution in [3.8, 4) is 28.2 Å². The molecule has 2 aromatic carbocycles. The molecule has 1 aliphatic heterocycles. The van der Waals surface area contributed by atoms with Crippen LogP contribution in [0.3, 0.4) is 0 Å². The normalized spacial score (nSPS) is 12.2. The lowest BCUT2D eigenvalue weighted by atomic mass is 9.90. The summed E-state index contributed by atoms with van der Waals surface area (Å²) in [4.78, 5) is 109. The van der Waals surface area contributed by atoms with Crippen LogP contribution in [0.15, 0.2) is 63.8 Å². The first-order valence-corrected chi connectivity index (χ1v) is 23.3. The summed E-state index contributed by atoms with van der Waals surface area (Å²) in [5, 5.41) is 72.0. The van der Waals surface area contributed by atoms with E-state index in [9.17, 15) is 68.7 Å². The van der Waals surface area contributed by atoms with Crippen LogP contribution in [0.4, 0.5) is 10.5 Å². The van der Waals surface area contributed by atoms with E-state index < -0.39 is 66.3 Å². The van der Waals surface area contributed by atoms with Crippen molar-refractivity contribution in [2.24, 2.45) is 0 Å². The third-order valence-electron chi connectivity index (χ3n) is 11.4. The van der Waals surface area contributed by atoms with E-state index in [0.29, 0.717) is 85.7 Å². The topological polar surface area (TPSA) is 352 Å². The second-order valence-corrected chi connectivity index (χ2v) is 17.1. The van der Waals surface area contributed by atoms with E-state index in [-0.39, 0.29) is 77.8 Å². The lowest BCUT2D eigenvalue weighted by Gasteiger charge is -2.26. The molecule has 0 saturated heterocycles. The number of carboxylic acids is 5. The highest BCUT2D eigenvalue weighted by atomic mass is 32.1. The van der Waals surface area contributed by atoms with Crippen LogP contribution in [0.2, 0.25) is 0 Å². The van der Waals surface area contributed by atoms with Gasteiger partial charge in [0.15, 0.2) is 10.5 Å². The molecule has 3 atom stereocenters. The largest absolute Gasteiger partial charge is 0.508 e. The van der Waals surface area contributed by atoms with Crippen LogP contribution < -0.4 is 32.0 Å². The van der Waals surface area contributed by atoms with Crippen molar-refractivity contribution in [1.82, 2.24) is 26.2 Å². The van der Waals surface area contributed by atoms with E-state index in [2.05, 4.69) is 26.6 Å². The molecule has 1 heterocycles. The number of hydrogen-bond acceptors (Lipinski definition) is 12. The number of carboxylic acid groups (broad SMARTS) is 5. The summed E-state index contributed by atoms with van der Waals surface area (Å²) in [6.07, 6.45) is 3.52. The Kier molecular flexibility index (Phi) is 21.5. The summed E-state index contributed by atoms with van der Waals surface area (Å²) in [5.41, 5.74) is 1.58. The number of hydrogen-bond donors (Lipinski definition) is 11. The summed E-state index contributed by atoms with van der Waals surface area (Å²) in [6, 6.07) is 8.40. The minimum absolute atomic E-state index is 0.00343. The molecular weight excluding hydrogens is 949 g/mol.